The summed E-state index contributed by atoms with van der Waals surface area (Å²) in [7, 11) is 1.17. The van der Waals surface area contributed by atoms with Gasteiger partial charge < -0.3 is 51.6 Å². The van der Waals surface area contributed by atoms with E-state index in [9.17, 15) is 39.0 Å². The van der Waals surface area contributed by atoms with Gasteiger partial charge in [0.1, 0.15) is 42.8 Å². The molecule has 9 N–H and O–H groups in total. The van der Waals surface area contributed by atoms with Crippen LogP contribution in [0.15, 0.2) is 0 Å². The van der Waals surface area contributed by atoms with Crippen LogP contribution in [0.5, 0.6) is 0 Å². The van der Waals surface area contributed by atoms with Crippen molar-refractivity contribution in [3.8, 4) is 0 Å². The van der Waals surface area contributed by atoms with Crippen LogP contribution in [0.2, 0.25) is 0 Å². The third-order valence-electron chi connectivity index (χ3n) is 5.10. The zero-order valence-electron chi connectivity index (χ0n) is 19.0. The van der Waals surface area contributed by atoms with Crippen LogP contribution in [0.4, 0.5) is 0 Å². The number of hydrogen-bond donors (Lipinski definition) is 7. The van der Waals surface area contributed by atoms with Gasteiger partial charge >= 0.3 is 5.97 Å². The number of carbonyl (C=O) groups excluding carboxylic acids is 5. The number of hydrogen-bond acceptors (Lipinski definition) is 10. The minimum absolute atomic E-state index is 0.192. The van der Waals surface area contributed by atoms with E-state index >= 15 is 0 Å². The maximum atomic E-state index is 12.6. The molecule has 194 valence electrons. The van der Waals surface area contributed by atoms with Crippen molar-refractivity contribution in [3.05, 3.63) is 0 Å². The number of aldehydes is 1. The molecule has 0 aromatic rings. The van der Waals surface area contributed by atoms with Gasteiger partial charge in [-0.15, -0.1) is 0 Å². The van der Waals surface area contributed by atoms with Gasteiger partial charge in [-0.3, -0.25) is 24.0 Å². The van der Waals surface area contributed by atoms with E-state index in [0.29, 0.717) is 0 Å². The molecule has 0 bridgehead atoms. The summed E-state index contributed by atoms with van der Waals surface area (Å²) >= 11 is 0. The van der Waals surface area contributed by atoms with Gasteiger partial charge in [-0.1, -0.05) is 6.92 Å². The molecule has 0 aliphatic carbocycles. The predicted octanol–water partition coefficient (Wildman–Crippen LogP) is -4.54. The Kier molecular flexibility index (Phi) is 12.9. The van der Waals surface area contributed by atoms with Crippen LogP contribution < -0.4 is 16.8 Å². The highest BCUT2D eigenvalue weighted by Gasteiger charge is 2.42. The number of nitrogens with one attached hydrogen (secondary N) is 1. The molecule has 34 heavy (non-hydrogen) atoms. The number of rotatable bonds is 16. The van der Waals surface area contributed by atoms with E-state index in [2.05, 4.69) is 5.32 Å². The Labute approximate surface area is 195 Å². The van der Waals surface area contributed by atoms with Crippen molar-refractivity contribution in [1.29, 1.82) is 0 Å². The van der Waals surface area contributed by atoms with E-state index in [1.807, 2.05) is 0 Å². The van der Waals surface area contributed by atoms with Gasteiger partial charge in [0, 0.05) is 20.4 Å². The topological polar surface area (TPSA) is 260 Å². The standard InChI is InChI=1S/C19H32N4O11/c1-8(19(33)22-10(17(20)31)4-5-13(28)29)15(18(21)32)34-16(14(30)12(27)7-25)11(6-24)23(3)9(2)26/h6,8,10-12,14-16,25,27,30H,4-5,7H2,1-3H3,(H2,20,31)(H2,21,32)(H,22,33)(H,28,29)/t8?,10?,11-,12+,14+,15?,16+/m0/s1. The molecular weight excluding hydrogens is 460 g/mol. The molecule has 15 heteroatoms. The van der Waals surface area contributed by atoms with Gasteiger partial charge in [0.2, 0.25) is 23.6 Å². The summed E-state index contributed by atoms with van der Waals surface area (Å²) in [6.45, 7) is 1.26. The minimum Gasteiger partial charge on any atom is -0.481 e. The van der Waals surface area contributed by atoms with E-state index in [-0.39, 0.29) is 12.7 Å². The maximum absolute atomic E-state index is 12.6. The molecule has 0 aliphatic heterocycles. The third-order valence-corrected chi connectivity index (χ3v) is 5.10. The molecule has 0 rings (SSSR count). The molecule has 7 atom stereocenters. The molecule has 0 radical (unpaired) electrons. The zero-order chi connectivity index (χ0) is 26.7. The molecule has 0 aromatic heterocycles. The summed E-state index contributed by atoms with van der Waals surface area (Å²) in [5.41, 5.74) is 10.5. The van der Waals surface area contributed by atoms with Crippen LogP contribution in [0.1, 0.15) is 26.7 Å². The number of likely N-dealkylation sites (N-methyl/N-ethyl adjacent to an activating group) is 1. The minimum atomic E-state index is -2.01. The predicted molar refractivity (Wildman–Crippen MR) is 112 cm³/mol. The SMILES string of the molecule is CC(=O)N(C)[C@@H](C=O)[C@@H](OC(C(N)=O)C(C)C(=O)NC(CCC(=O)O)C(N)=O)[C@H](O)[C@H](O)CO. The van der Waals surface area contributed by atoms with Crippen molar-refractivity contribution >= 4 is 35.9 Å². The van der Waals surface area contributed by atoms with Crippen molar-refractivity contribution in [2.75, 3.05) is 13.7 Å². The lowest BCUT2D eigenvalue weighted by Gasteiger charge is -2.37. The highest BCUT2D eigenvalue weighted by atomic mass is 16.5. The normalized spacial score (nSPS) is 17.2. The Morgan fingerprint density at radius 2 is 1.68 bits per heavy atom. The molecule has 0 saturated heterocycles. The summed E-state index contributed by atoms with van der Waals surface area (Å²) in [5.74, 6) is -6.66. The monoisotopic (exact) mass is 492 g/mol. The first kappa shape index (κ1) is 30.9. The average Bonchev–Trinajstić information content (AvgIpc) is 2.76. The first-order chi connectivity index (χ1) is 15.7. The summed E-state index contributed by atoms with van der Waals surface area (Å²) in [4.78, 5) is 71.3. The van der Waals surface area contributed by atoms with Crippen molar-refractivity contribution in [1.82, 2.24) is 10.2 Å². The lowest BCUT2D eigenvalue weighted by Crippen LogP contribution is -2.58. The second-order valence-corrected chi connectivity index (χ2v) is 7.61. The number of amides is 4. The van der Waals surface area contributed by atoms with E-state index in [0.717, 1.165) is 18.7 Å². The molecule has 3 unspecified atom stereocenters. The first-order valence-electron chi connectivity index (χ1n) is 10.1. The van der Waals surface area contributed by atoms with E-state index < -0.39 is 85.0 Å². The third kappa shape index (κ3) is 9.01. The number of aliphatic carboxylic acids is 1. The molecular formula is C19H32N4O11. The number of carboxylic acids is 1. The Hall–Kier alpha value is -3.14. The van der Waals surface area contributed by atoms with Gasteiger partial charge in [-0.05, 0) is 6.42 Å². The largest absolute Gasteiger partial charge is 0.481 e. The quantitative estimate of drug-likeness (QED) is 0.101. The number of nitrogens with two attached hydrogens (primary N) is 2. The number of ether oxygens (including phenoxy) is 1. The first-order valence-corrected chi connectivity index (χ1v) is 10.1. The number of carbonyl (C=O) groups is 6. The average molecular weight is 492 g/mol. The fraction of sp³-hybridized carbons (Fsp3) is 0.684. The lowest BCUT2D eigenvalue weighted by atomic mass is 9.97. The molecule has 0 saturated carbocycles. The van der Waals surface area contributed by atoms with Crippen LogP contribution >= 0.6 is 0 Å². The summed E-state index contributed by atoms with van der Waals surface area (Å²) in [6.07, 6.45) is -8.19. The van der Waals surface area contributed by atoms with Gasteiger partial charge in [0.25, 0.3) is 0 Å². The van der Waals surface area contributed by atoms with Gasteiger partial charge in [-0.2, -0.15) is 0 Å². The van der Waals surface area contributed by atoms with Crippen LogP contribution in [0, 0.1) is 5.92 Å². The smallest absolute Gasteiger partial charge is 0.303 e. The van der Waals surface area contributed by atoms with Crippen LogP contribution in [-0.4, -0.2) is 111 Å². The fourth-order valence-corrected chi connectivity index (χ4v) is 2.88. The number of carboxylic acid groups (broad SMARTS) is 1. The Bertz CT molecular complexity index is 763. The van der Waals surface area contributed by atoms with Crippen LogP contribution in [0.3, 0.4) is 0 Å². The highest BCUT2D eigenvalue weighted by molar-refractivity contribution is 5.91. The molecule has 0 fully saturated rings. The number of aliphatic hydroxyl groups excluding tert-OH is 3. The van der Waals surface area contributed by atoms with Crippen molar-refractivity contribution in [3.63, 3.8) is 0 Å². The molecule has 0 aliphatic rings. The second-order valence-electron chi connectivity index (χ2n) is 7.61. The number of aliphatic hydroxyl groups is 3. The molecule has 15 nitrogen and oxygen atoms in total. The van der Waals surface area contributed by atoms with Gasteiger partial charge in [0.05, 0.1) is 12.5 Å². The number of primary amides is 2. The highest BCUT2D eigenvalue weighted by Crippen LogP contribution is 2.19. The van der Waals surface area contributed by atoms with E-state index in [4.69, 9.17) is 26.4 Å². The van der Waals surface area contributed by atoms with Crippen LogP contribution in [0.25, 0.3) is 0 Å². The molecule has 0 heterocycles. The fourth-order valence-electron chi connectivity index (χ4n) is 2.88. The number of nitrogens with zero attached hydrogens (tertiary/aromatic N) is 1. The van der Waals surface area contributed by atoms with E-state index in [1.54, 1.807) is 0 Å². The Balaban J connectivity index is 5.96. The molecule has 4 amide bonds. The van der Waals surface area contributed by atoms with E-state index in [1.165, 1.54) is 7.05 Å². The van der Waals surface area contributed by atoms with Crippen LogP contribution in [-0.2, 0) is 33.5 Å². The van der Waals surface area contributed by atoms with Gasteiger partial charge in [0.15, 0.2) is 0 Å². The Morgan fingerprint density at radius 1 is 1.12 bits per heavy atom. The maximum Gasteiger partial charge on any atom is 0.303 e. The second kappa shape index (κ2) is 14.2. The summed E-state index contributed by atoms with van der Waals surface area (Å²) in [5, 5.41) is 40.3. The molecule has 0 spiro atoms. The summed E-state index contributed by atoms with van der Waals surface area (Å²) < 4.78 is 5.45. The summed E-state index contributed by atoms with van der Waals surface area (Å²) in [6, 6.07) is -2.97. The van der Waals surface area contributed by atoms with Crippen molar-refractivity contribution in [2.24, 2.45) is 17.4 Å². The zero-order valence-corrected chi connectivity index (χ0v) is 19.0. The Morgan fingerprint density at radius 3 is 2.06 bits per heavy atom. The lowest BCUT2D eigenvalue weighted by molar-refractivity contribution is -0.174. The van der Waals surface area contributed by atoms with Crippen molar-refractivity contribution in [2.45, 2.75) is 63.2 Å². The van der Waals surface area contributed by atoms with Crippen molar-refractivity contribution < 1.29 is 53.9 Å². The van der Waals surface area contributed by atoms with Gasteiger partial charge in [-0.25, -0.2) is 0 Å². The molecule has 0 aromatic carbocycles.